The average molecular weight is 215 g/mol. The molecular formula is C10H11ClO3. The summed E-state index contributed by atoms with van der Waals surface area (Å²) in [6.45, 7) is 1.84. The number of aryl methyl sites for hydroxylation is 1. The average Bonchev–Trinajstić information content (AvgIpc) is 2.20. The Bertz CT molecular complexity index is 349. The van der Waals surface area contributed by atoms with Crippen LogP contribution in [0.25, 0.3) is 0 Å². The van der Waals surface area contributed by atoms with Crippen molar-refractivity contribution in [1.82, 2.24) is 0 Å². The van der Waals surface area contributed by atoms with E-state index in [1.54, 1.807) is 18.2 Å². The minimum atomic E-state index is -1.27. The Morgan fingerprint density at radius 1 is 1.57 bits per heavy atom. The molecule has 4 heteroatoms. The van der Waals surface area contributed by atoms with Crippen LogP contribution in [-0.2, 0) is 9.53 Å². The maximum Gasteiger partial charge on any atom is 0.339 e. The zero-order valence-electron chi connectivity index (χ0n) is 7.95. The number of ether oxygens (including phenoxy) is 1. The van der Waals surface area contributed by atoms with Crippen LogP contribution in [0.15, 0.2) is 18.2 Å². The normalized spacial score (nSPS) is 12.3. The molecule has 1 unspecified atom stereocenters. The zero-order chi connectivity index (χ0) is 10.7. The van der Waals surface area contributed by atoms with Gasteiger partial charge in [-0.1, -0.05) is 23.7 Å². The molecule has 0 radical (unpaired) electrons. The SMILES string of the molecule is COC(=O)C(O)c1ccc(C)c(Cl)c1. The zero-order valence-corrected chi connectivity index (χ0v) is 8.71. The molecule has 1 rings (SSSR count). The quantitative estimate of drug-likeness (QED) is 0.765. The number of aliphatic hydroxyl groups is 1. The number of methoxy groups -OCH3 is 1. The highest BCUT2D eigenvalue weighted by molar-refractivity contribution is 6.31. The molecular weight excluding hydrogens is 204 g/mol. The van der Waals surface area contributed by atoms with E-state index in [2.05, 4.69) is 4.74 Å². The van der Waals surface area contributed by atoms with Crippen molar-refractivity contribution in [2.75, 3.05) is 7.11 Å². The standard InChI is InChI=1S/C10H11ClO3/c1-6-3-4-7(5-8(6)11)9(12)10(13)14-2/h3-5,9,12H,1-2H3. The molecule has 0 aliphatic carbocycles. The molecule has 0 spiro atoms. The minimum absolute atomic E-state index is 0.437. The van der Waals surface area contributed by atoms with Gasteiger partial charge in [-0.25, -0.2) is 4.79 Å². The maximum absolute atomic E-state index is 11.0. The van der Waals surface area contributed by atoms with Crippen molar-refractivity contribution in [1.29, 1.82) is 0 Å². The largest absolute Gasteiger partial charge is 0.467 e. The van der Waals surface area contributed by atoms with Crippen molar-refractivity contribution in [2.45, 2.75) is 13.0 Å². The van der Waals surface area contributed by atoms with Crippen LogP contribution < -0.4 is 0 Å². The summed E-state index contributed by atoms with van der Waals surface area (Å²) < 4.78 is 4.40. The van der Waals surface area contributed by atoms with Gasteiger partial charge in [0.15, 0.2) is 6.10 Å². The number of benzene rings is 1. The number of esters is 1. The third kappa shape index (κ3) is 2.25. The number of rotatable bonds is 2. The molecule has 0 fully saturated rings. The molecule has 0 heterocycles. The molecule has 0 aliphatic rings. The predicted molar refractivity (Wildman–Crippen MR) is 53.2 cm³/mol. The van der Waals surface area contributed by atoms with Crippen LogP contribution in [0.4, 0.5) is 0 Å². The first-order valence-corrected chi connectivity index (χ1v) is 4.46. The molecule has 0 aliphatic heterocycles. The van der Waals surface area contributed by atoms with Crippen LogP contribution in [-0.4, -0.2) is 18.2 Å². The van der Waals surface area contributed by atoms with Gasteiger partial charge in [0.1, 0.15) is 0 Å². The summed E-state index contributed by atoms with van der Waals surface area (Å²) in [5, 5.41) is 9.99. The molecule has 0 saturated heterocycles. The lowest BCUT2D eigenvalue weighted by Gasteiger charge is -2.09. The van der Waals surface area contributed by atoms with Gasteiger partial charge in [0.25, 0.3) is 0 Å². The first-order valence-electron chi connectivity index (χ1n) is 4.08. The summed E-state index contributed by atoms with van der Waals surface area (Å²) in [5.74, 6) is -0.690. The smallest absolute Gasteiger partial charge is 0.339 e. The van der Waals surface area contributed by atoms with Crippen LogP contribution in [0.5, 0.6) is 0 Å². The first kappa shape index (κ1) is 11.0. The number of halogens is 1. The molecule has 1 atom stereocenters. The van der Waals surface area contributed by atoms with Crippen LogP contribution in [0.2, 0.25) is 5.02 Å². The number of carbonyl (C=O) groups excluding carboxylic acids is 1. The fraction of sp³-hybridized carbons (Fsp3) is 0.300. The third-order valence-corrected chi connectivity index (χ3v) is 2.34. The summed E-state index contributed by atoms with van der Waals surface area (Å²) in [7, 11) is 1.22. The van der Waals surface area contributed by atoms with Gasteiger partial charge in [-0.2, -0.15) is 0 Å². The van der Waals surface area contributed by atoms with E-state index in [9.17, 15) is 9.90 Å². The van der Waals surface area contributed by atoms with Crippen LogP contribution in [0, 0.1) is 6.92 Å². The molecule has 1 aromatic rings. The van der Waals surface area contributed by atoms with Gasteiger partial charge >= 0.3 is 5.97 Å². The van der Waals surface area contributed by atoms with Gasteiger partial charge in [0.05, 0.1) is 7.11 Å². The Morgan fingerprint density at radius 2 is 2.21 bits per heavy atom. The van der Waals surface area contributed by atoms with Gasteiger partial charge in [0.2, 0.25) is 0 Å². The second-order valence-electron chi connectivity index (χ2n) is 2.93. The minimum Gasteiger partial charge on any atom is -0.467 e. The summed E-state index contributed by atoms with van der Waals surface area (Å²) in [5.41, 5.74) is 1.33. The molecule has 14 heavy (non-hydrogen) atoms. The molecule has 1 N–H and O–H groups in total. The van der Waals surface area contributed by atoms with E-state index in [1.807, 2.05) is 6.92 Å². The Balaban J connectivity index is 2.96. The van der Waals surface area contributed by atoms with Crippen molar-refractivity contribution >= 4 is 17.6 Å². The number of carbonyl (C=O) groups is 1. The topological polar surface area (TPSA) is 46.5 Å². The number of aliphatic hydroxyl groups excluding tert-OH is 1. The lowest BCUT2D eigenvalue weighted by Crippen LogP contribution is -2.13. The molecule has 0 aromatic heterocycles. The van der Waals surface area contributed by atoms with Crippen molar-refractivity contribution in [3.8, 4) is 0 Å². The van der Waals surface area contributed by atoms with Gasteiger partial charge in [-0.05, 0) is 24.1 Å². The van der Waals surface area contributed by atoms with E-state index in [4.69, 9.17) is 11.6 Å². The van der Waals surface area contributed by atoms with E-state index in [-0.39, 0.29) is 0 Å². The van der Waals surface area contributed by atoms with E-state index >= 15 is 0 Å². The van der Waals surface area contributed by atoms with Crippen molar-refractivity contribution in [2.24, 2.45) is 0 Å². The highest BCUT2D eigenvalue weighted by Gasteiger charge is 2.18. The maximum atomic E-state index is 11.0. The van der Waals surface area contributed by atoms with Gasteiger partial charge < -0.3 is 9.84 Å². The number of hydrogen-bond acceptors (Lipinski definition) is 3. The summed E-state index contributed by atoms with van der Waals surface area (Å²) in [6, 6.07) is 4.94. The van der Waals surface area contributed by atoms with E-state index in [1.165, 1.54) is 7.11 Å². The third-order valence-electron chi connectivity index (χ3n) is 1.94. The number of hydrogen-bond donors (Lipinski definition) is 1. The molecule has 3 nitrogen and oxygen atoms in total. The monoisotopic (exact) mass is 214 g/mol. The second-order valence-corrected chi connectivity index (χ2v) is 3.34. The van der Waals surface area contributed by atoms with Crippen molar-refractivity contribution in [3.05, 3.63) is 34.3 Å². The van der Waals surface area contributed by atoms with Gasteiger partial charge in [-0.3, -0.25) is 0 Å². The molecule has 0 saturated carbocycles. The molecule has 0 amide bonds. The van der Waals surface area contributed by atoms with E-state index < -0.39 is 12.1 Å². The summed E-state index contributed by atoms with van der Waals surface area (Å²) in [4.78, 5) is 11.0. The van der Waals surface area contributed by atoms with E-state index in [0.717, 1.165) is 5.56 Å². The van der Waals surface area contributed by atoms with Crippen molar-refractivity contribution in [3.63, 3.8) is 0 Å². The Kier molecular flexibility index (Phi) is 3.49. The Hall–Kier alpha value is -1.06. The molecule has 1 aromatic carbocycles. The highest BCUT2D eigenvalue weighted by atomic mass is 35.5. The first-order chi connectivity index (χ1) is 6.56. The highest BCUT2D eigenvalue weighted by Crippen LogP contribution is 2.21. The Morgan fingerprint density at radius 3 is 2.71 bits per heavy atom. The molecule has 0 bridgehead atoms. The van der Waals surface area contributed by atoms with Gasteiger partial charge in [0, 0.05) is 5.02 Å². The van der Waals surface area contributed by atoms with Gasteiger partial charge in [-0.15, -0.1) is 0 Å². The lowest BCUT2D eigenvalue weighted by molar-refractivity contribution is -0.150. The fourth-order valence-corrected chi connectivity index (χ4v) is 1.22. The summed E-state index contributed by atoms with van der Waals surface area (Å²) in [6.07, 6.45) is -1.27. The predicted octanol–water partition coefficient (Wildman–Crippen LogP) is 1.85. The second kappa shape index (κ2) is 4.44. The van der Waals surface area contributed by atoms with E-state index in [0.29, 0.717) is 10.6 Å². The molecule has 76 valence electrons. The lowest BCUT2D eigenvalue weighted by atomic mass is 10.1. The van der Waals surface area contributed by atoms with Crippen LogP contribution in [0.1, 0.15) is 17.2 Å². The summed E-state index contributed by atoms with van der Waals surface area (Å²) >= 11 is 5.84. The Labute approximate surface area is 87.3 Å². The van der Waals surface area contributed by atoms with Crippen molar-refractivity contribution < 1.29 is 14.6 Å². The van der Waals surface area contributed by atoms with Crippen LogP contribution in [0.3, 0.4) is 0 Å². The van der Waals surface area contributed by atoms with Crippen LogP contribution >= 0.6 is 11.6 Å². The fourth-order valence-electron chi connectivity index (χ4n) is 1.03.